The minimum Gasteiger partial charge on any atom is -0.496 e. The van der Waals surface area contributed by atoms with Gasteiger partial charge in [-0.2, -0.15) is 0 Å². The van der Waals surface area contributed by atoms with Gasteiger partial charge in [0, 0.05) is 24.1 Å². The summed E-state index contributed by atoms with van der Waals surface area (Å²) in [6, 6.07) is 13.3. The van der Waals surface area contributed by atoms with Crippen LogP contribution in [0.2, 0.25) is 0 Å². The zero-order valence-electron chi connectivity index (χ0n) is 14.1. The van der Waals surface area contributed by atoms with E-state index in [1.54, 1.807) is 25.3 Å². The van der Waals surface area contributed by atoms with Gasteiger partial charge in [0.25, 0.3) is 5.91 Å². The number of anilines is 1. The summed E-state index contributed by atoms with van der Waals surface area (Å²) in [5.41, 5.74) is 1.27. The number of para-hydroxylation sites is 1. The van der Waals surface area contributed by atoms with Crippen LogP contribution in [0.5, 0.6) is 5.75 Å². The summed E-state index contributed by atoms with van der Waals surface area (Å²) in [5.74, 6) is -0.413. The molecule has 0 spiro atoms. The summed E-state index contributed by atoms with van der Waals surface area (Å²) in [6.45, 7) is 0.258. The molecule has 1 saturated heterocycles. The van der Waals surface area contributed by atoms with Crippen LogP contribution in [0.4, 0.5) is 5.69 Å². The average Bonchev–Trinajstić information content (AvgIpc) is 2.92. The van der Waals surface area contributed by atoms with Crippen LogP contribution in [0.15, 0.2) is 48.5 Å². The number of sulfonamides is 1. The molecule has 7 nitrogen and oxygen atoms in total. The Morgan fingerprint density at radius 1 is 1.19 bits per heavy atom. The first kappa shape index (κ1) is 17.9. The molecule has 1 aliphatic heterocycles. The standard InChI is InChI=1S/C18H18N2O5S/c1-25-16-8-3-2-5-14(16)12-19-18(22)13-6-4-7-15(11-13)20-17(21)9-10-26(20,23)24/h2-8,11H,9-10,12H2,1H3,(H,19,22). The lowest BCUT2D eigenvalue weighted by molar-refractivity contribution is -0.116. The quantitative estimate of drug-likeness (QED) is 0.860. The Labute approximate surface area is 151 Å². The van der Waals surface area contributed by atoms with Crippen molar-refractivity contribution in [2.75, 3.05) is 17.2 Å². The highest BCUT2D eigenvalue weighted by molar-refractivity contribution is 7.94. The van der Waals surface area contributed by atoms with E-state index in [2.05, 4.69) is 5.32 Å². The lowest BCUT2D eigenvalue weighted by atomic mass is 10.1. The number of hydrogen-bond acceptors (Lipinski definition) is 5. The Hall–Kier alpha value is -2.87. The molecule has 2 aromatic rings. The molecule has 0 aliphatic carbocycles. The normalized spacial score (nSPS) is 15.7. The van der Waals surface area contributed by atoms with Gasteiger partial charge in [-0.05, 0) is 24.3 Å². The van der Waals surface area contributed by atoms with Gasteiger partial charge in [-0.15, -0.1) is 0 Å². The van der Waals surface area contributed by atoms with Crippen LogP contribution in [0.3, 0.4) is 0 Å². The van der Waals surface area contributed by atoms with Gasteiger partial charge < -0.3 is 10.1 Å². The number of carbonyl (C=O) groups excluding carboxylic acids is 2. The molecule has 0 saturated carbocycles. The maximum atomic E-state index is 12.4. The minimum absolute atomic E-state index is 0.0490. The van der Waals surface area contributed by atoms with Gasteiger partial charge >= 0.3 is 0 Å². The van der Waals surface area contributed by atoms with Gasteiger partial charge in [0.2, 0.25) is 15.9 Å². The van der Waals surface area contributed by atoms with Crippen LogP contribution in [-0.2, 0) is 21.4 Å². The van der Waals surface area contributed by atoms with Crippen molar-refractivity contribution in [3.63, 3.8) is 0 Å². The summed E-state index contributed by atoms with van der Waals surface area (Å²) in [4.78, 5) is 24.3. The van der Waals surface area contributed by atoms with E-state index in [1.165, 1.54) is 12.1 Å². The fourth-order valence-corrected chi connectivity index (χ4v) is 4.22. The Bertz CT molecular complexity index is 956. The molecule has 1 fully saturated rings. The van der Waals surface area contributed by atoms with Crippen LogP contribution < -0.4 is 14.4 Å². The van der Waals surface area contributed by atoms with E-state index in [0.717, 1.165) is 9.87 Å². The fourth-order valence-electron chi connectivity index (χ4n) is 2.77. The Morgan fingerprint density at radius 2 is 1.96 bits per heavy atom. The number of benzene rings is 2. The molecule has 3 rings (SSSR count). The highest BCUT2D eigenvalue weighted by Gasteiger charge is 2.36. The highest BCUT2D eigenvalue weighted by atomic mass is 32.2. The second-order valence-corrected chi connectivity index (χ2v) is 7.71. The van der Waals surface area contributed by atoms with E-state index in [9.17, 15) is 18.0 Å². The molecular formula is C18H18N2O5S. The van der Waals surface area contributed by atoms with E-state index in [0.29, 0.717) is 5.75 Å². The molecule has 0 unspecified atom stereocenters. The van der Waals surface area contributed by atoms with E-state index in [-0.39, 0.29) is 35.9 Å². The molecule has 2 amide bonds. The third-order valence-electron chi connectivity index (χ3n) is 4.05. The molecule has 0 radical (unpaired) electrons. The first-order valence-electron chi connectivity index (χ1n) is 7.98. The fraction of sp³-hybridized carbons (Fsp3) is 0.222. The zero-order valence-corrected chi connectivity index (χ0v) is 15.0. The summed E-state index contributed by atoms with van der Waals surface area (Å²) < 4.78 is 30.1. The van der Waals surface area contributed by atoms with Crippen molar-refractivity contribution in [3.05, 3.63) is 59.7 Å². The van der Waals surface area contributed by atoms with E-state index >= 15 is 0 Å². The van der Waals surface area contributed by atoms with Gasteiger partial charge in [0.1, 0.15) is 5.75 Å². The summed E-state index contributed by atoms with van der Waals surface area (Å²) >= 11 is 0. The first-order chi connectivity index (χ1) is 12.4. The third-order valence-corrected chi connectivity index (χ3v) is 5.74. The Balaban J connectivity index is 1.78. The summed E-state index contributed by atoms with van der Waals surface area (Å²) in [5, 5.41) is 2.77. The van der Waals surface area contributed by atoms with Gasteiger partial charge in [-0.3, -0.25) is 9.59 Å². The van der Waals surface area contributed by atoms with Gasteiger partial charge in [0.15, 0.2) is 0 Å². The van der Waals surface area contributed by atoms with Crippen molar-refractivity contribution in [2.45, 2.75) is 13.0 Å². The topological polar surface area (TPSA) is 92.8 Å². The summed E-state index contributed by atoms with van der Waals surface area (Å²) in [6.07, 6.45) is -0.0490. The number of amides is 2. The molecule has 1 aliphatic rings. The van der Waals surface area contributed by atoms with Crippen molar-refractivity contribution >= 4 is 27.5 Å². The second-order valence-electron chi connectivity index (χ2n) is 5.77. The minimum atomic E-state index is -3.66. The number of nitrogens with one attached hydrogen (secondary N) is 1. The van der Waals surface area contributed by atoms with E-state index in [1.807, 2.05) is 18.2 Å². The maximum Gasteiger partial charge on any atom is 0.251 e. The number of hydrogen-bond donors (Lipinski definition) is 1. The summed E-state index contributed by atoms with van der Waals surface area (Å²) in [7, 11) is -2.11. The third kappa shape index (κ3) is 3.55. The number of rotatable bonds is 5. The van der Waals surface area contributed by atoms with Crippen molar-refractivity contribution in [2.24, 2.45) is 0 Å². The number of methoxy groups -OCH3 is 1. The maximum absolute atomic E-state index is 12.4. The molecule has 1 heterocycles. The predicted molar refractivity (Wildman–Crippen MR) is 96.5 cm³/mol. The van der Waals surface area contributed by atoms with Gasteiger partial charge in [-0.1, -0.05) is 24.3 Å². The monoisotopic (exact) mass is 374 g/mol. The van der Waals surface area contributed by atoms with Crippen LogP contribution >= 0.6 is 0 Å². The van der Waals surface area contributed by atoms with Crippen molar-refractivity contribution in [1.29, 1.82) is 0 Å². The number of nitrogens with zero attached hydrogens (tertiary/aromatic N) is 1. The molecule has 0 bridgehead atoms. The molecule has 136 valence electrons. The van der Waals surface area contributed by atoms with Crippen LogP contribution in [-0.4, -0.2) is 33.1 Å². The molecule has 0 atom stereocenters. The molecule has 0 aromatic heterocycles. The molecule has 8 heteroatoms. The highest BCUT2D eigenvalue weighted by Crippen LogP contribution is 2.26. The number of carbonyl (C=O) groups is 2. The van der Waals surface area contributed by atoms with E-state index < -0.39 is 15.9 Å². The lowest BCUT2D eigenvalue weighted by Crippen LogP contribution is -2.30. The van der Waals surface area contributed by atoms with Gasteiger partial charge in [-0.25, -0.2) is 12.7 Å². The second kappa shape index (κ2) is 7.17. The van der Waals surface area contributed by atoms with Crippen LogP contribution in [0.25, 0.3) is 0 Å². The first-order valence-corrected chi connectivity index (χ1v) is 9.59. The Kier molecular flexibility index (Phi) is 4.94. The molecule has 26 heavy (non-hydrogen) atoms. The lowest BCUT2D eigenvalue weighted by Gasteiger charge is -2.16. The molecular weight excluding hydrogens is 356 g/mol. The zero-order chi connectivity index (χ0) is 18.7. The Morgan fingerprint density at radius 3 is 2.65 bits per heavy atom. The predicted octanol–water partition coefficient (Wildman–Crippen LogP) is 1.69. The van der Waals surface area contributed by atoms with E-state index in [4.69, 9.17) is 4.74 Å². The largest absolute Gasteiger partial charge is 0.496 e. The number of ether oxygens (including phenoxy) is 1. The SMILES string of the molecule is COc1ccccc1CNC(=O)c1cccc(N2C(=O)CCS2(=O)=O)c1. The van der Waals surface area contributed by atoms with Crippen molar-refractivity contribution in [3.8, 4) is 5.75 Å². The van der Waals surface area contributed by atoms with Gasteiger partial charge in [0.05, 0.1) is 18.6 Å². The molecule has 1 N–H and O–H groups in total. The average molecular weight is 374 g/mol. The smallest absolute Gasteiger partial charge is 0.251 e. The van der Waals surface area contributed by atoms with Crippen LogP contribution in [0.1, 0.15) is 22.3 Å². The molecule has 2 aromatic carbocycles. The van der Waals surface area contributed by atoms with Crippen LogP contribution in [0, 0.1) is 0 Å². The van der Waals surface area contributed by atoms with Crippen molar-refractivity contribution in [1.82, 2.24) is 5.32 Å². The van der Waals surface area contributed by atoms with Crippen molar-refractivity contribution < 1.29 is 22.7 Å².